The van der Waals surface area contributed by atoms with E-state index in [0.717, 1.165) is 45.5 Å². The Morgan fingerprint density at radius 1 is 1.22 bits per heavy atom. The van der Waals surface area contributed by atoms with Crippen LogP contribution in [0.1, 0.15) is 23.4 Å². The van der Waals surface area contributed by atoms with E-state index in [1.807, 2.05) is 17.9 Å². The Morgan fingerprint density at radius 2 is 2.00 bits per heavy atom. The van der Waals surface area contributed by atoms with E-state index >= 15 is 0 Å². The molecule has 0 amide bonds. The van der Waals surface area contributed by atoms with Crippen LogP contribution >= 0.6 is 0 Å². The monoisotopic (exact) mass is 370 g/mol. The zero-order valence-corrected chi connectivity index (χ0v) is 15.4. The number of nitrogens with zero attached hydrogens (tertiary/aromatic N) is 2. The molecule has 0 aliphatic carbocycles. The predicted octanol–water partition coefficient (Wildman–Crippen LogP) is 3.88. The lowest BCUT2D eigenvalue weighted by atomic mass is 10.0. The van der Waals surface area contributed by atoms with Crippen molar-refractivity contribution in [2.24, 2.45) is 5.73 Å². The molecule has 0 spiro atoms. The Morgan fingerprint density at radius 3 is 2.67 bits per heavy atom. The van der Waals surface area contributed by atoms with Gasteiger partial charge in [0.25, 0.3) is 5.92 Å². The van der Waals surface area contributed by atoms with Crippen LogP contribution < -0.4 is 5.73 Å². The Labute approximate surface area is 157 Å². The third kappa shape index (κ3) is 3.87. The molecular weight excluding hydrogens is 346 g/mol. The Bertz CT molecular complexity index is 947. The summed E-state index contributed by atoms with van der Waals surface area (Å²) in [6.07, 6.45) is 0.747. The van der Waals surface area contributed by atoms with Crippen molar-refractivity contribution in [2.75, 3.05) is 19.6 Å². The number of nitrogens with one attached hydrogen (secondary N) is 1. The van der Waals surface area contributed by atoms with E-state index in [4.69, 9.17) is 10.7 Å². The molecule has 6 heteroatoms. The number of aromatic nitrogens is 2. The molecule has 1 aliphatic rings. The van der Waals surface area contributed by atoms with Crippen molar-refractivity contribution in [2.45, 2.75) is 32.2 Å². The average molecular weight is 370 g/mol. The molecule has 3 heterocycles. The number of halogens is 2. The largest absolute Gasteiger partial charge is 0.357 e. The van der Waals surface area contributed by atoms with Crippen molar-refractivity contribution in [3.05, 3.63) is 53.3 Å². The van der Waals surface area contributed by atoms with Gasteiger partial charge in [-0.15, -0.1) is 0 Å². The smallest absolute Gasteiger partial charge is 0.261 e. The van der Waals surface area contributed by atoms with Gasteiger partial charge in [0.05, 0.1) is 12.2 Å². The molecule has 27 heavy (non-hydrogen) atoms. The Kier molecular flexibility index (Phi) is 4.70. The van der Waals surface area contributed by atoms with Crippen LogP contribution in [0, 0.1) is 6.92 Å². The van der Waals surface area contributed by atoms with Crippen molar-refractivity contribution in [3.63, 3.8) is 0 Å². The minimum Gasteiger partial charge on any atom is -0.357 e. The molecule has 0 saturated carbocycles. The molecule has 142 valence electrons. The van der Waals surface area contributed by atoms with Crippen LogP contribution in [-0.4, -0.2) is 40.4 Å². The summed E-state index contributed by atoms with van der Waals surface area (Å²) >= 11 is 0. The SMILES string of the molecule is Cc1cc2[nH]c(CN)cc2c(-c2ccc(CCN3CCC(F)(F)C3)cc2)n1. The second-order valence-corrected chi connectivity index (χ2v) is 7.40. The quantitative estimate of drug-likeness (QED) is 0.717. The molecule has 0 atom stereocenters. The van der Waals surface area contributed by atoms with Crippen molar-refractivity contribution >= 4 is 10.9 Å². The lowest BCUT2D eigenvalue weighted by Crippen LogP contribution is -2.27. The number of H-pyrrole nitrogens is 1. The van der Waals surface area contributed by atoms with Gasteiger partial charge in [-0.05, 0) is 31.0 Å². The zero-order valence-electron chi connectivity index (χ0n) is 15.4. The summed E-state index contributed by atoms with van der Waals surface area (Å²) in [4.78, 5) is 9.90. The number of nitrogens with two attached hydrogens (primary N) is 1. The van der Waals surface area contributed by atoms with Gasteiger partial charge in [-0.2, -0.15) is 0 Å². The van der Waals surface area contributed by atoms with Crippen molar-refractivity contribution in [1.82, 2.24) is 14.9 Å². The second-order valence-electron chi connectivity index (χ2n) is 7.40. The summed E-state index contributed by atoms with van der Waals surface area (Å²) < 4.78 is 26.6. The standard InChI is InChI=1S/C21H24F2N4/c1-14-10-19-18(11-17(12-24)26-19)20(25-14)16-4-2-15(3-5-16)6-8-27-9-7-21(22,23)13-27/h2-5,10-11,26H,6-9,12-13,24H2,1H3. The van der Waals surface area contributed by atoms with Crippen LogP contribution in [0.2, 0.25) is 0 Å². The highest BCUT2D eigenvalue weighted by atomic mass is 19.3. The lowest BCUT2D eigenvalue weighted by Gasteiger charge is -2.15. The first-order chi connectivity index (χ1) is 12.9. The summed E-state index contributed by atoms with van der Waals surface area (Å²) in [5, 5.41) is 1.06. The summed E-state index contributed by atoms with van der Waals surface area (Å²) in [5.74, 6) is -2.52. The van der Waals surface area contributed by atoms with Crippen LogP contribution in [0.5, 0.6) is 0 Å². The van der Waals surface area contributed by atoms with Crippen molar-refractivity contribution < 1.29 is 8.78 Å². The number of benzene rings is 1. The molecule has 1 aromatic carbocycles. The highest BCUT2D eigenvalue weighted by Gasteiger charge is 2.37. The molecule has 3 N–H and O–H groups in total. The molecule has 4 rings (SSSR count). The van der Waals surface area contributed by atoms with Gasteiger partial charge in [0.2, 0.25) is 0 Å². The van der Waals surface area contributed by atoms with Crippen LogP contribution in [0.3, 0.4) is 0 Å². The van der Waals surface area contributed by atoms with Gasteiger partial charge >= 0.3 is 0 Å². The molecular formula is C21H24F2N4. The first-order valence-corrected chi connectivity index (χ1v) is 9.32. The molecule has 3 aromatic rings. The Hall–Kier alpha value is -2.31. The normalized spacial score (nSPS) is 17.0. The fourth-order valence-electron chi connectivity index (χ4n) is 3.76. The third-order valence-corrected chi connectivity index (χ3v) is 5.21. The van der Waals surface area contributed by atoms with Crippen molar-refractivity contribution in [1.29, 1.82) is 0 Å². The van der Waals surface area contributed by atoms with E-state index in [9.17, 15) is 8.78 Å². The predicted molar refractivity (Wildman–Crippen MR) is 104 cm³/mol. The third-order valence-electron chi connectivity index (χ3n) is 5.21. The fourth-order valence-corrected chi connectivity index (χ4v) is 3.76. The molecule has 2 aromatic heterocycles. The van der Waals surface area contributed by atoms with E-state index in [1.54, 1.807) is 0 Å². The Balaban J connectivity index is 1.52. The maximum Gasteiger partial charge on any atom is 0.261 e. The minimum absolute atomic E-state index is 0.0254. The highest BCUT2D eigenvalue weighted by molar-refractivity contribution is 5.93. The van der Waals surface area contributed by atoms with Gasteiger partial charge in [-0.25, -0.2) is 8.78 Å². The second kappa shape index (κ2) is 7.02. The number of rotatable bonds is 5. The van der Waals surface area contributed by atoms with Crippen molar-refractivity contribution in [3.8, 4) is 11.3 Å². The molecule has 0 radical (unpaired) electrons. The number of hydrogen-bond donors (Lipinski definition) is 2. The summed E-state index contributed by atoms with van der Waals surface area (Å²) in [7, 11) is 0. The van der Waals surface area contributed by atoms with Crippen LogP contribution in [-0.2, 0) is 13.0 Å². The molecule has 0 unspecified atom stereocenters. The van der Waals surface area contributed by atoms with Crippen LogP contribution in [0.4, 0.5) is 8.78 Å². The van der Waals surface area contributed by atoms with Gasteiger partial charge in [-0.3, -0.25) is 9.88 Å². The summed E-state index contributed by atoms with van der Waals surface area (Å²) in [6, 6.07) is 12.3. The number of likely N-dealkylation sites (tertiary alicyclic amines) is 1. The first kappa shape index (κ1) is 18.1. The van der Waals surface area contributed by atoms with Crippen LogP contribution in [0.25, 0.3) is 22.2 Å². The van der Waals surface area contributed by atoms with Gasteiger partial charge in [-0.1, -0.05) is 24.3 Å². The molecule has 1 fully saturated rings. The minimum atomic E-state index is -2.52. The molecule has 4 nitrogen and oxygen atoms in total. The van der Waals surface area contributed by atoms with Crippen LogP contribution in [0.15, 0.2) is 36.4 Å². The van der Waals surface area contributed by atoms with Gasteiger partial charge < -0.3 is 10.7 Å². The molecule has 1 aliphatic heterocycles. The number of hydrogen-bond acceptors (Lipinski definition) is 3. The van der Waals surface area contributed by atoms with E-state index in [2.05, 4.69) is 35.3 Å². The topological polar surface area (TPSA) is 57.9 Å². The molecule has 0 bridgehead atoms. The van der Waals surface area contributed by atoms with E-state index < -0.39 is 5.92 Å². The first-order valence-electron chi connectivity index (χ1n) is 9.32. The summed E-state index contributed by atoms with van der Waals surface area (Å²) in [5.41, 5.74) is 11.9. The van der Waals surface area contributed by atoms with Gasteiger partial charge in [0.1, 0.15) is 0 Å². The number of fused-ring (bicyclic) bond motifs is 1. The summed E-state index contributed by atoms with van der Waals surface area (Å²) in [6.45, 7) is 3.47. The van der Waals surface area contributed by atoms with E-state index in [0.29, 0.717) is 19.6 Å². The fraction of sp³-hybridized carbons (Fsp3) is 0.381. The average Bonchev–Trinajstić information content (AvgIpc) is 3.22. The van der Waals surface area contributed by atoms with Gasteiger partial charge in [0.15, 0.2) is 0 Å². The number of aryl methyl sites for hydroxylation is 1. The number of pyridine rings is 1. The maximum absolute atomic E-state index is 13.3. The van der Waals surface area contributed by atoms with Gasteiger partial charge in [0, 0.05) is 53.9 Å². The lowest BCUT2D eigenvalue weighted by molar-refractivity contribution is 0.0123. The number of alkyl halides is 2. The van der Waals surface area contributed by atoms with E-state index in [1.165, 1.54) is 0 Å². The maximum atomic E-state index is 13.3. The van der Waals surface area contributed by atoms with E-state index in [-0.39, 0.29) is 13.0 Å². The zero-order chi connectivity index (χ0) is 19.0. The highest BCUT2D eigenvalue weighted by Crippen LogP contribution is 2.29. The number of aromatic amines is 1. The molecule has 1 saturated heterocycles.